The molecule has 0 fully saturated rings. The van der Waals surface area contributed by atoms with Crippen molar-refractivity contribution in [1.82, 2.24) is 19.9 Å². The number of rotatable bonds is 7. The monoisotopic (exact) mass is 334 g/mol. The summed E-state index contributed by atoms with van der Waals surface area (Å²) in [4.78, 5) is 40.0. The Hall–Kier alpha value is -2.64. The molecule has 3 N–H and O–H groups in total. The van der Waals surface area contributed by atoms with Gasteiger partial charge in [0.25, 0.3) is 5.56 Å². The maximum absolute atomic E-state index is 12.4. The fourth-order valence-electron chi connectivity index (χ4n) is 2.61. The SMILES string of the molecule is Cc1nc2cc[nH]n2c(=O)c1CC(=O)NCC(CC(C)C)C(=O)O. The van der Waals surface area contributed by atoms with Gasteiger partial charge in [-0.05, 0) is 19.3 Å². The molecule has 2 rings (SSSR count). The molecule has 0 aliphatic rings. The summed E-state index contributed by atoms with van der Waals surface area (Å²) >= 11 is 0. The Morgan fingerprint density at radius 1 is 1.42 bits per heavy atom. The second-order valence-corrected chi connectivity index (χ2v) is 6.28. The molecular formula is C16H22N4O4. The summed E-state index contributed by atoms with van der Waals surface area (Å²) in [6.45, 7) is 5.58. The van der Waals surface area contributed by atoms with E-state index in [2.05, 4.69) is 15.4 Å². The Kier molecular flexibility index (Phi) is 5.38. The van der Waals surface area contributed by atoms with Crippen molar-refractivity contribution in [3.63, 3.8) is 0 Å². The van der Waals surface area contributed by atoms with Gasteiger partial charge in [0.15, 0.2) is 5.65 Å². The zero-order chi connectivity index (χ0) is 17.9. The summed E-state index contributed by atoms with van der Waals surface area (Å²) in [7, 11) is 0. The van der Waals surface area contributed by atoms with Gasteiger partial charge in [0.1, 0.15) is 0 Å². The summed E-state index contributed by atoms with van der Waals surface area (Å²) in [5, 5.41) is 14.5. The van der Waals surface area contributed by atoms with Crippen LogP contribution in [-0.4, -0.2) is 38.1 Å². The van der Waals surface area contributed by atoms with Crippen LogP contribution in [0.25, 0.3) is 5.65 Å². The summed E-state index contributed by atoms with van der Waals surface area (Å²) in [5.74, 6) is -1.75. The summed E-state index contributed by atoms with van der Waals surface area (Å²) in [6.07, 6.45) is 1.94. The van der Waals surface area contributed by atoms with Gasteiger partial charge in [-0.1, -0.05) is 13.8 Å². The van der Waals surface area contributed by atoms with Gasteiger partial charge in [-0.2, -0.15) is 0 Å². The van der Waals surface area contributed by atoms with Crippen LogP contribution in [0, 0.1) is 18.8 Å². The molecule has 1 atom stereocenters. The number of aryl methyl sites for hydroxylation is 1. The summed E-state index contributed by atoms with van der Waals surface area (Å²) < 4.78 is 1.27. The third-order valence-electron chi connectivity index (χ3n) is 3.83. The Bertz CT molecular complexity index is 806. The first-order valence-corrected chi connectivity index (χ1v) is 7.84. The van der Waals surface area contributed by atoms with Gasteiger partial charge in [0, 0.05) is 30.1 Å². The normalized spacial score (nSPS) is 12.5. The van der Waals surface area contributed by atoms with E-state index in [9.17, 15) is 19.5 Å². The number of carbonyl (C=O) groups is 2. The highest BCUT2D eigenvalue weighted by atomic mass is 16.4. The van der Waals surface area contributed by atoms with Crippen molar-refractivity contribution in [1.29, 1.82) is 0 Å². The number of nitrogens with one attached hydrogen (secondary N) is 2. The first-order valence-electron chi connectivity index (χ1n) is 7.84. The second-order valence-electron chi connectivity index (χ2n) is 6.28. The van der Waals surface area contributed by atoms with Crippen LogP contribution in [-0.2, 0) is 16.0 Å². The highest BCUT2D eigenvalue weighted by Crippen LogP contribution is 2.11. The predicted octanol–water partition coefficient (Wildman–Crippen LogP) is 0.737. The lowest BCUT2D eigenvalue weighted by Gasteiger charge is -2.15. The van der Waals surface area contributed by atoms with Gasteiger partial charge >= 0.3 is 5.97 Å². The van der Waals surface area contributed by atoms with Crippen molar-refractivity contribution in [2.45, 2.75) is 33.6 Å². The molecule has 24 heavy (non-hydrogen) atoms. The van der Waals surface area contributed by atoms with E-state index in [1.165, 1.54) is 4.52 Å². The third-order valence-corrected chi connectivity index (χ3v) is 3.83. The lowest BCUT2D eigenvalue weighted by Crippen LogP contribution is -2.36. The van der Waals surface area contributed by atoms with E-state index in [0.29, 0.717) is 23.3 Å². The predicted molar refractivity (Wildman–Crippen MR) is 87.8 cm³/mol. The molecule has 2 aromatic rings. The molecule has 0 spiro atoms. The van der Waals surface area contributed by atoms with E-state index in [-0.39, 0.29) is 24.4 Å². The molecule has 0 saturated heterocycles. The Labute approximate surface area is 138 Å². The minimum atomic E-state index is -0.935. The van der Waals surface area contributed by atoms with E-state index in [0.717, 1.165) is 0 Å². The minimum absolute atomic E-state index is 0.0465. The van der Waals surface area contributed by atoms with Crippen molar-refractivity contribution in [3.8, 4) is 0 Å². The van der Waals surface area contributed by atoms with E-state index < -0.39 is 17.8 Å². The lowest BCUT2D eigenvalue weighted by atomic mass is 9.97. The van der Waals surface area contributed by atoms with Crippen LogP contribution in [0.3, 0.4) is 0 Å². The average Bonchev–Trinajstić information content (AvgIpc) is 2.95. The second kappa shape index (κ2) is 7.29. The zero-order valence-corrected chi connectivity index (χ0v) is 14.0. The number of fused-ring (bicyclic) bond motifs is 1. The Morgan fingerprint density at radius 2 is 2.12 bits per heavy atom. The first kappa shape index (κ1) is 17.7. The van der Waals surface area contributed by atoms with Gasteiger partial charge in [-0.3, -0.25) is 19.5 Å². The highest BCUT2D eigenvalue weighted by molar-refractivity contribution is 5.79. The largest absolute Gasteiger partial charge is 0.481 e. The number of hydrogen-bond donors (Lipinski definition) is 3. The van der Waals surface area contributed by atoms with E-state index in [1.54, 1.807) is 19.2 Å². The first-order chi connectivity index (χ1) is 11.3. The van der Waals surface area contributed by atoms with Gasteiger partial charge < -0.3 is 10.4 Å². The van der Waals surface area contributed by atoms with Crippen molar-refractivity contribution in [2.75, 3.05) is 6.54 Å². The maximum atomic E-state index is 12.4. The minimum Gasteiger partial charge on any atom is -0.481 e. The number of nitrogens with zero attached hydrogens (tertiary/aromatic N) is 2. The fourth-order valence-corrected chi connectivity index (χ4v) is 2.61. The standard InChI is InChI=1S/C16H22N4O4/c1-9(2)6-11(16(23)24)8-17-14(21)7-12-10(3)19-13-4-5-18-20(13)15(12)22/h4-5,9,11,18H,6-8H2,1-3H3,(H,17,21)(H,23,24). The van der Waals surface area contributed by atoms with Crippen molar-refractivity contribution >= 4 is 17.5 Å². The summed E-state index contributed by atoms with van der Waals surface area (Å²) in [5.41, 5.74) is 0.953. The number of H-pyrrole nitrogens is 1. The molecule has 2 heterocycles. The lowest BCUT2D eigenvalue weighted by molar-refractivity contribution is -0.142. The van der Waals surface area contributed by atoms with Gasteiger partial charge in [-0.25, -0.2) is 9.50 Å². The number of hydrogen-bond acceptors (Lipinski definition) is 4. The van der Waals surface area contributed by atoms with Crippen LogP contribution < -0.4 is 10.9 Å². The molecule has 8 heteroatoms. The van der Waals surface area contributed by atoms with Crippen LogP contribution in [0.5, 0.6) is 0 Å². The molecule has 8 nitrogen and oxygen atoms in total. The fraction of sp³-hybridized carbons (Fsp3) is 0.500. The zero-order valence-electron chi connectivity index (χ0n) is 14.0. The van der Waals surface area contributed by atoms with Crippen LogP contribution in [0.15, 0.2) is 17.1 Å². The van der Waals surface area contributed by atoms with Gasteiger partial charge in [0.05, 0.1) is 12.3 Å². The van der Waals surface area contributed by atoms with Crippen LogP contribution in [0.4, 0.5) is 0 Å². The van der Waals surface area contributed by atoms with Crippen molar-refractivity contribution < 1.29 is 14.7 Å². The summed E-state index contributed by atoms with van der Waals surface area (Å²) in [6, 6.07) is 1.67. The molecule has 0 bridgehead atoms. The van der Waals surface area contributed by atoms with Crippen LogP contribution >= 0.6 is 0 Å². The number of amides is 1. The molecule has 0 aliphatic heterocycles. The topological polar surface area (TPSA) is 117 Å². The van der Waals surface area contributed by atoms with E-state index in [4.69, 9.17) is 0 Å². The highest BCUT2D eigenvalue weighted by Gasteiger charge is 2.20. The number of aromatic nitrogens is 3. The molecule has 0 aromatic carbocycles. The van der Waals surface area contributed by atoms with E-state index in [1.807, 2.05) is 13.8 Å². The van der Waals surface area contributed by atoms with Gasteiger partial charge in [-0.15, -0.1) is 0 Å². The maximum Gasteiger partial charge on any atom is 0.308 e. The quantitative estimate of drug-likeness (QED) is 0.690. The molecular weight excluding hydrogens is 312 g/mol. The molecule has 1 amide bonds. The molecule has 2 aromatic heterocycles. The number of carbonyl (C=O) groups excluding carboxylic acids is 1. The van der Waals surface area contributed by atoms with Crippen molar-refractivity contribution in [2.24, 2.45) is 11.8 Å². The van der Waals surface area contributed by atoms with E-state index >= 15 is 0 Å². The average molecular weight is 334 g/mol. The number of carboxylic acid groups (broad SMARTS) is 1. The van der Waals surface area contributed by atoms with Crippen molar-refractivity contribution in [3.05, 3.63) is 33.9 Å². The van der Waals surface area contributed by atoms with Crippen LogP contribution in [0.1, 0.15) is 31.5 Å². The molecule has 130 valence electrons. The molecule has 0 radical (unpaired) electrons. The molecule has 0 saturated carbocycles. The smallest absolute Gasteiger partial charge is 0.308 e. The number of carboxylic acids is 1. The van der Waals surface area contributed by atoms with Crippen LogP contribution in [0.2, 0.25) is 0 Å². The molecule has 1 unspecified atom stereocenters. The third kappa shape index (κ3) is 4.01. The number of aromatic amines is 1. The molecule has 0 aliphatic carbocycles. The Balaban J connectivity index is 2.07. The van der Waals surface area contributed by atoms with Gasteiger partial charge in [0.2, 0.25) is 5.91 Å². The number of aliphatic carboxylic acids is 1. The Morgan fingerprint density at radius 3 is 2.75 bits per heavy atom.